The molecule has 0 heterocycles. The summed E-state index contributed by atoms with van der Waals surface area (Å²) in [6.45, 7) is 4.41. The van der Waals surface area contributed by atoms with Gasteiger partial charge >= 0.3 is 0 Å². The smallest absolute Gasteiger partial charge is 0.203 e. The molecule has 0 saturated heterocycles. The Kier molecular flexibility index (Phi) is 8.23. The number of rotatable bonds is 11. The van der Waals surface area contributed by atoms with E-state index in [4.69, 9.17) is 18.9 Å². The largest absolute Gasteiger partial charge is 0.493 e. The molecule has 148 valence electrons. The maximum atomic E-state index is 10.4. The van der Waals surface area contributed by atoms with Crippen LogP contribution < -0.4 is 18.9 Å². The number of methoxy groups -OCH3 is 3. The number of hydrogen-bond acceptors (Lipinski definition) is 6. The average molecular weight is 375 g/mol. The molecular formula is C21H29NO5. The number of hydrogen-bond donors (Lipinski definition) is 1. The van der Waals surface area contributed by atoms with Gasteiger partial charge in [0.1, 0.15) is 18.5 Å². The van der Waals surface area contributed by atoms with Crippen molar-refractivity contribution >= 4 is 0 Å². The standard InChI is InChI=1S/C21H29NO5/c1-5-22(13-16-9-7-6-8-10-16)14-17(23)15-27-18-11-19(24-2)21(26-4)20(12-18)25-3/h6-12,17,23H,5,13-15H2,1-4H3. The van der Waals surface area contributed by atoms with Crippen molar-refractivity contribution < 1.29 is 24.1 Å². The summed E-state index contributed by atoms with van der Waals surface area (Å²) in [4.78, 5) is 2.18. The number of ether oxygens (including phenoxy) is 4. The third kappa shape index (κ3) is 6.05. The lowest BCUT2D eigenvalue weighted by atomic mass is 10.2. The van der Waals surface area contributed by atoms with Gasteiger partial charge in [0, 0.05) is 25.2 Å². The molecule has 0 aliphatic carbocycles. The van der Waals surface area contributed by atoms with E-state index in [0.717, 1.165) is 13.1 Å². The molecule has 0 aromatic heterocycles. The van der Waals surface area contributed by atoms with Gasteiger partial charge in [0.15, 0.2) is 11.5 Å². The van der Waals surface area contributed by atoms with Gasteiger partial charge in [-0.3, -0.25) is 4.90 Å². The van der Waals surface area contributed by atoms with Crippen LogP contribution >= 0.6 is 0 Å². The Morgan fingerprint density at radius 1 is 0.963 bits per heavy atom. The zero-order valence-corrected chi connectivity index (χ0v) is 16.5. The molecule has 2 aromatic rings. The Morgan fingerprint density at radius 3 is 2.11 bits per heavy atom. The van der Waals surface area contributed by atoms with E-state index in [1.807, 2.05) is 18.2 Å². The van der Waals surface area contributed by atoms with Gasteiger partial charge in [0.2, 0.25) is 5.75 Å². The van der Waals surface area contributed by atoms with Crippen molar-refractivity contribution in [3.63, 3.8) is 0 Å². The normalized spacial score (nSPS) is 11.9. The fourth-order valence-electron chi connectivity index (χ4n) is 2.83. The second kappa shape index (κ2) is 10.6. The lowest BCUT2D eigenvalue weighted by Gasteiger charge is -2.24. The Labute approximate surface area is 161 Å². The van der Waals surface area contributed by atoms with E-state index in [9.17, 15) is 5.11 Å². The summed E-state index contributed by atoms with van der Waals surface area (Å²) in [5.74, 6) is 2.09. The van der Waals surface area contributed by atoms with Crippen LogP contribution in [-0.2, 0) is 6.54 Å². The summed E-state index contributed by atoms with van der Waals surface area (Å²) in [7, 11) is 4.66. The third-order valence-electron chi connectivity index (χ3n) is 4.25. The monoisotopic (exact) mass is 375 g/mol. The first-order valence-electron chi connectivity index (χ1n) is 8.98. The molecule has 1 N–H and O–H groups in total. The van der Waals surface area contributed by atoms with Gasteiger partial charge in [-0.05, 0) is 12.1 Å². The van der Waals surface area contributed by atoms with Gasteiger partial charge in [0.25, 0.3) is 0 Å². The number of likely N-dealkylation sites (N-methyl/N-ethyl adjacent to an activating group) is 1. The molecule has 0 aliphatic heterocycles. The molecule has 27 heavy (non-hydrogen) atoms. The van der Waals surface area contributed by atoms with E-state index in [2.05, 4.69) is 24.0 Å². The second-order valence-corrected chi connectivity index (χ2v) is 6.14. The summed E-state index contributed by atoms with van der Waals surface area (Å²) in [5.41, 5.74) is 1.22. The van der Waals surface area contributed by atoms with E-state index >= 15 is 0 Å². The van der Waals surface area contributed by atoms with E-state index in [-0.39, 0.29) is 6.61 Å². The molecule has 6 nitrogen and oxygen atoms in total. The maximum absolute atomic E-state index is 10.4. The van der Waals surface area contributed by atoms with Crippen molar-refractivity contribution in [1.82, 2.24) is 4.90 Å². The van der Waals surface area contributed by atoms with Gasteiger partial charge in [-0.2, -0.15) is 0 Å². The summed E-state index contributed by atoms with van der Waals surface area (Å²) in [6.07, 6.45) is -0.618. The van der Waals surface area contributed by atoms with Crippen molar-refractivity contribution in [2.75, 3.05) is 41.0 Å². The van der Waals surface area contributed by atoms with Gasteiger partial charge < -0.3 is 24.1 Å². The summed E-state index contributed by atoms with van der Waals surface area (Å²) >= 11 is 0. The minimum absolute atomic E-state index is 0.171. The van der Waals surface area contributed by atoms with Crippen LogP contribution in [0.2, 0.25) is 0 Å². The number of nitrogens with zero attached hydrogens (tertiary/aromatic N) is 1. The summed E-state index contributed by atoms with van der Waals surface area (Å²) < 4.78 is 21.7. The van der Waals surface area contributed by atoms with E-state index in [1.165, 1.54) is 5.56 Å². The fraction of sp³-hybridized carbons (Fsp3) is 0.429. The molecule has 0 aliphatic rings. The number of benzene rings is 2. The lowest BCUT2D eigenvalue weighted by Crippen LogP contribution is -2.35. The van der Waals surface area contributed by atoms with Gasteiger partial charge in [0.05, 0.1) is 21.3 Å². The predicted molar refractivity (Wildman–Crippen MR) is 105 cm³/mol. The van der Waals surface area contributed by atoms with Gasteiger partial charge in [-0.1, -0.05) is 37.3 Å². The molecule has 1 atom stereocenters. The molecule has 0 amide bonds. The van der Waals surface area contributed by atoms with Crippen molar-refractivity contribution in [3.05, 3.63) is 48.0 Å². The Bertz CT molecular complexity index is 667. The molecule has 0 bridgehead atoms. The van der Waals surface area contributed by atoms with Crippen molar-refractivity contribution in [1.29, 1.82) is 0 Å². The molecule has 0 radical (unpaired) electrons. The Hall–Kier alpha value is -2.44. The van der Waals surface area contributed by atoms with Crippen molar-refractivity contribution in [2.45, 2.75) is 19.6 Å². The summed E-state index contributed by atoms with van der Waals surface area (Å²) in [6, 6.07) is 13.6. The van der Waals surface area contributed by atoms with Crippen LogP contribution in [0.15, 0.2) is 42.5 Å². The van der Waals surface area contributed by atoms with Crippen LogP contribution in [0.1, 0.15) is 12.5 Å². The third-order valence-corrected chi connectivity index (χ3v) is 4.25. The molecule has 2 aromatic carbocycles. The highest BCUT2D eigenvalue weighted by Crippen LogP contribution is 2.40. The van der Waals surface area contributed by atoms with E-state index < -0.39 is 6.10 Å². The van der Waals surface area contributed by atoms with Crippen LogP contribution in [0.4, 0.5) is 0 Å². The zero-order valence-electron chi connectivity index (χ0n) is 16.5. The highest BCUT2D eigenvalue weighted by atomic mass is 16.5. The SMILES string of the molecule is CCN(Cc1ccccc1)CC(O)COc1cc(OC)c(OC)c(OC)c1. The highest BCUT2D eigenvalue weighted by molar-refractivity contribution is 5.55. The molecule has 1 unspecified atom stereocenters. The summed E-state index contributed by atoms with van der Waals surface area (Å²) in [5, 5.41) is 10.4. The number of aliphatic hydroxyl groups excluding tert-OH is 1. The minimum Gasteiger partial charge on any atom is -0.493 e. The average Bonchev–Trinajstić information content (AvgIpc) is 2.71. The lowest BCUT2D eigenvalue weighted by molar-refractivity contribution is 0.0672. The van der Waals surface area contributed by atoms with Crippen molar-refractivity contribution in [3.8, 4) is 23.0 Å². The van der Waals surface area contributed by atoms with E-state index in [0.29, 0.717) is 29.5 Å². The Morgan fingerprint density at radius 2 is 1.59 bits per heavy atom. The van der Waals surface area contributed by atoms with Gasteiger partial charge in [-0.25, -0.2) is 0 Å². The quantitative estimate of drug-likeness (QED) is 0.652. The fourth-order valence-corrected chi connectivity index (χ4v) is 2.83. The molecule has 6 heteroatoms. The molecule has 2 rings (SSSR count). The first-order chi connectivity index (χ1) is 13.1. The zero-order chi connectivity index (χ0) is 19.6. The van der Waals surface area contributed by atoms with Crippen LogP contribution in [0.3, 0.4) is 0 Å². The maximum Gasteiger partial charge on any atom is 0.203 e. The number of aliphatic hydroxyl groups is 1. The first kappa shape index (κ1) is 20.9. The topological polar surface area (TPSA) is 60.4 Å². The first-order valence-corrected chi connectivity index (χ1v) is 8.98. The van der Waals surface area contributed by atoms with Crippen LogP contribution in [0, 0.1) is 0 Å². The molecule has 0 spiro atoms. The van der Waals surface area contributed by atoms with Crippen LogP contribution in [0.5, 0.6) is 23.0 Å². The molecule has 0 fully saturated rings. The van der Waals surface area contributed by atoms with Crippen molar-refractivity contribution in [2.24, 2.45) is 0 Å². The van der Waals surface area contributed by atoms with E-state index in [1.54, 1.807) is 33.5 Å². The predicted octanol–water partition coefficient (Wildman–Crippen LogP) is 2.97. The Balaban J connectivity index is 1.95. The molecular weight excluding hydrogens is 346 g/mol. The minimum atomic E-state index is -0.618. The molecule has 0 saturated carbocycles. The van der Waals surface area contributed by atoms with Crippen LogP contribution in [-0.4, -0.2) is 57.1 Å². The highest BCUT2D eigenvalue weighted by Gasteiger charge is 2.16. The van der Waals surface area contributed by atoms with Gasteiger partial charge in [-0.15, -0.1) is 0 Å². The second-order valence-electron chi connectivity index (χ2n) is 6.14. The van der Waals surface area contributed by atoms with Crippen LogP contribution in [0.25, 0.3) is 0 Å².